The Labute approximate surface area is 178 Å². The van der Waals surface area contributed by atoms with Crippen LogP contribution < -0.4 is 5.32 Å². The molecule has 1 unspecified atom stereocenters. The van der Waals surface area contributed by atoms with Crippen molar-refractivity contribution < 1.29 is 18.0 Å². The summed E-state index contributed by atoms with van der Waals surface area (Å²) in [6.45, 7) is 6.52. The summed E-state index contributed by atoms with van der Waals surface area (Å²) in [6, 6.07) is 5.48. The molecule has 0 saturated heterocycles. The summed E-state index contributed by atoms with van der Waals surface area (Å²) in [5.41, 5.74) is 1.33. The molecule has 1 atom stereocenters. The second-order valence-electron chi connectivity index (χ2n) is 6.84. The summed E-state index contributed by atoms with van der Waals surface area (Å²) < 4.78 is 32.5. The summed E-state index contributed by atoms with van der Waals surface area (Å²) in [5, 5.41) is 7.15. The quantitative estimate of drug-likeness (QED) is 0.498. The number of hydrogen-bond donors (Lipinski definition) is 1. The van der Waals surface area contributed by atoms with Crippen molar-refractivity contribution in [3.8, 4) is 11.3 Å². The van der Waals surface area contributed by atoms with Gasteiger partial charge in [-0.3, -0.25) is 9.69 Å². The molecule has 1 aromatic carbocycles. The van der Waals surface area contributed by atoms with Crippen LogP contribution in [0.25, 0.3) is 11.3 Å². The predicted molar refractivity (Wildman–Crippen MR) is 113 cm³/mol. The van der Waals surface area contributed by atoms with Gasteiger partial charge >= 0.3 is 0 Å². The number of aryl methyl sites for hydroxylation is 1. The molecule has 0 radical (unpaired) electrons. The van der Waals surface area contributed by atoms with Crippen molar-refractivity contribution in [2.75, 3.05) is 19.6 Å². The van der Waals surface area contributed by atoms with Gasteiger partial charge in [-0.25, -0.2) is 13.8 Å². The number of aromatic nitrogens is 1. The van der Waals surface area contributed by atoms with Crippen LogP contribution in [-0.2, 0) is 11.2 Å². The number of benzene rings is 1. The smallest absolute Gasteiger partial charge is 0.220 e. The minimum atomic E-state index is -0.716. The first-order valence-electron chi connectivity index (χ1n) is 9.94. The maximum Gasteiger partial charge on any atom is 0.220 e. The van der Waals surface area contributed by atoms with Crippen LogP contribution in [0, 0.1) is 11.6 Å². The number of rotatable bonds is 10. The molecule has 0 aliphatic carbocycles. The van der Waals surface area contributed by atoms with E-state index >= 15 is 0 Å². The third-order valence-corrected chi connectivity index (χ3v) is 5.69. The first-order valence-corrected chi connectivity index (χ1v) is 10.9. The lowest BCUT2D eigenvalue weighted by Gasteiger charge is -2.29. The lowest BCUT2D eigenvalue weighted by Crippen LogP contribution is -2.38. The second-order valence-corrected chi connectivity index (χ2v) is 7.62. The maximum absolute atomic E-state index is 13.9. The summed E-state index contributed by atoms with van der Waals surface area (Å²) in [5.74, 6) is -0.927. The lowest BCUT2D eigenvalue weighted by molar-refractivity contribution is -0.121. The lowest BCUT2D eigenvalue weighted by atomic mass is 10.1. The number of carbonyl (C=O) groups excluding carboxylic acids is 1. The van der Waals surface area contributed by atoms with Crippen molar-refractivity contribution in [2.45, 2.75) is 32.7 Å². The topological polar surface area (TPSA) is 58.4 Å². The van der Waals surface area contributed by atoms with Gasteiger partial charge in [0.1, 0.15) is 11.6 Å². The van der Waals surface area contributed by atoms with Crippen LogP contribution in [0.4, 0.5) is 8.78 Å². The van der Waals surface area contributed by atoms with Gasteiger partial charge in [0.15, 0.2) is 11.7 Å². The molecule has 2 aromatic heterocycles. The molecule has 2 heterocycles. The van der Waals surface area contributed by atoms with Gasteiger partial charge in [-0.05, 0) is 47.6 Å². The minimum Gasteiger partial charge on any atom is -0.441 e. The highest BCUT2D eigenvalue weighted by Crippen LogP contribution is 2.25. The Kier molecular flexibility index (Phi) is 7.70. The standard InChI is InChI=1S/C22H25F2N3O2S/c1-3-27(4-2)19(15-9-10-30-14-15)12-25-21(28)7-8-22-26-13-20(29-22)17-6-5-16(23)11-18(17)24/h5-6,9-11,13-14,19H,3-4,7-8,12H2,1-2H3,(H,25,28). The number of nitrogens with one attached hydrogen (secondary N) is 1. The Morgan fingerprint density at radius 2 is 2.07 bits per heavy atom. The summed E-state index contributed by atoms with van der Waals surface area (Å²) in [4.78, 5) is 18.8. The van der Waals surface area contributed by atoms with E-state index < -0.39 is 11.6 Å². The Balaban J connectivity index is 1.55. The fourth-order valence-electron chi connectivity index (χ4n) is 3.35. The predicted octanol–water partition coefficient (Wildman–Crippen LogP) is 4.81. The van der Waals surface area contributed by atoms with Gasteiger partial charge in [0.25, 0.3) is 0 Å². The number of likely N-dealkylation sites (N-methyl/N-ethyl adjacent to an activating group) is 1. The first kappa shape index (κ1) is 22.1. The van der Waals surface area contributed by atoms with Crippen molar-refractivity contribution in [1.29, 1.82) is 0 Å². The van der Waals surface area contributed by atoms with Crippen molar-refractivity contribution in [3.63, 3.8) is 0 Å². The van der Waals surface area contributed by atoms with Crippen molar-refractivity contribution in [1.82, 2.24) is 15.2 Å². The summed E-state index contributed by atoms with van der Waals surface area (Å²) in [7, 11) is 0. The van der Waals surface area contributed by atoms with Crippen LogP contribution >= 0.6 is 11.3 Å². The fourth-order valence-corrected chi connectivity index (χ4v) is 4.05. The van der Waals surface area contributed by atoms with Crippen molar-refractivity contribution in [3.05, 3.63) is 64.3 Å². The van der Waals surface area contributed by atoms with E-state index in [1.165, 1.54) is 17.8 Å². The Bertz CT molecular complexity index is 955. The van der Waals surface area contributed by atoms with Crippen molar-refractivity contribution >= 4 is 17.2 Å². The zero-order valence-electron chi connectivity index (χ0n) is 17.0. The molecular weight excluding hydrogens is 408 g/mol. The minimum absolute atomic E-state index is 0.102. The first-order chi connectivity index (χ1) is 14.5. The van der Waals surface area contributed by atoms with Crippen LogP contribution in [0.2, 0.25) is 0 Å². The SMILES string of the molecule is CCN(CC)C(CNC(=O)CCc1ncc(-c2ccc(F)cc2F)o1)c1ccsc1. The van der Waals surface area contributed by atoms with E-state index in [0.717, 1.165) is 25.2 Å². The summed E-state index contributed by atoms with van der Waals surface area (Å²) in [6.07, 6.45) is 1.89. The van der Waals surface area contributed by atoms with Gasteiger partial charge in [-0.1, -0.05) is 13.8 Å². The Morgan fingerprint density at radius 3 is 2.73 bits per heavy atom. The molecule has 1 amide bonds. The zero-order chi connectivity index (χ0) is 21.5. The molecule has 160 valence electrons. The fraction of sp³-hybridized carbons (Fsp3) is 0.364. The Morgan fingerprint density at radius 1 is 1.27 bits per heavy atom. The normalized spacial score (nSPS) is 12.3. The van der Waals surface area contributed by atoms with E-state index in [0.29, 0.717) is 18.9 Å². The van der Waals surface area contributed by atoms with Gasteiger partial charge < -0.3 is 9.73 Å². The molecule has 0 aliphatic rings. The molecule has 0 saturated carbocycles. The molecule has 0 bridgehead atoms. The molecule has 0 fully saturated rings. The number of nitrogens with zero attached hydrogens (tertiary/aromatic N) is 2. The molecule has 5 nitrogen and oxygen atoms in total. The van der Waals surface area contributed by atoms with Gasteiger partial charge in [0.05, 0.1) is 17.8 Å². The number of hydrogen-bond acceptors (Lipinski definition) is 5. The monoisotopic (exact) mass is 433 g/mol. The molecular formula is C22H25F2N3O2S. The number of amides is 1. The molecule has 30 heavy (non-hydrogen) atoms. The van der Waals surface area contributed by atoms with Crippen LogP contribution in [0.5, 0.6) is 0 Å². The average molecular weight is 434 g/mol. The van der Waals surface area contributed by atoms with Gasteiger partial charge in [0.2, 0.25) is 5.91 Å². The van der Waals surface area contributed by atoms with Gasteiger partial charge in [-0.15, -0.1) is 0 Å². The number of carbonyl (C=O) groups is 1. The molecule has 1 N–H and O–H groups in total. The van der Waals surface area contributed by atoms with Gasteiger partial charge in [-0.2, -0.15) is 11.3 Å². The van der Waals surface area contributed by atoms with Crippen LogP contribution in [0.15, 0.2) is 45.6 Å². The zero-order valence-corrected chi connectivity index (χ0v) is 17.8. The third-order valence-electron chi connectivity index (χ3n) is 4.99. The number of halogens is 2. The highest BCUT2D eigenvalue weighted by molar-refractivity contribution is 7.07. The van der Waals surface area contributed by atoms with E-state index in [1.54, 1.807) is 11.3 Å². The molecule has 0 aliphatic heterocycles. The van der Waals surface area contributed by atoms with E-state index in [4.69, 9.17) is 4.42 Å². The molecule has 0 spiro atoms. The third kappa shape index (κ3) is 5.52. The van der Waals surface area contributed by atoms with E-state index in [2.05, 4.69) is 40.5 Å². The molecule has 3 aromatic rings. The molecule has 3 rings (SSSR count). The van der Waals surface area contributed by atoms with E-state index in [1.807, 2.05) is 5.38 Å². The summed E-state index contributed by atoms with van der Waals surface area (Å²) >= 11 is 1.64. The Hall–Kier alpha value is -2.58. The van der Waals surface area contributed by atoms with E-state index in [9.17, 15) is 13.6 Å². The average Bonchev–Trinajstić information content (AvgIpc) is 3.42. The van der Waals surface area contributed by atoms with Crippen LogP contribution in [0.1, 0.15) is 37.8 Å². The van der Waals surface area contributed by atoms with Crippen LogP contribution in [0.3, 0.4) is 0 Å². The second kappa shape index (κ2) is 10.4. The van der Waals surface area contributed by atoms with Gasteiger partial charge in [0, 0.05) is 25.5 Å². The number of oxazole rings is 1. The largest absolute Gasteiger partial charge is 0.441 e. The molecule has 8 heteroatoms. The number of thiophene rings is 1. The van der Waals surface area contributed by atoms with Crippen LogP contribution in [-0.4, -0.2) is 35.4 Å². The maximum atomic E-state index is 13.9. The van der Waals surface area contributed by atoms with E-state index in [-0.39, 0.29) is 29.7 Å². The highest BCUT2D eigenvalue weighted by Gasteiger charge is 2.19. The van der Waals surface area contributed by atoms with Crippen molar-refractivity contribution in [2.24, 2.45) is 0 Å². The highest BCUT2D eigenvalue weighted by atomic mass is 32.1.